The number of unbranched alkanes of at least 4 members (excludes halogenated alkanes) is 1. The highest BCUT2D eigenvalue weighted by molar-refractivity contribution is 8.00. The first-order valence-electron chi connectivity index (χ1n) is 25.5. The number of aromatic amines is 1. The summed E-state index contributed by atoms with van der Waals surface area (Å²) >= 11 is 2.81. The second-order valence-corrected chi connectivity index (χ2v) is 20.8. The number of alkyl halides is 3. The number of nitrogens with zero attached hydrogens (tertiary/aromatic N) is 4. The van der Waals surface area contributed by atoms with E-state index in [1.54, 1.807) is 24.1 Å². The SMILES string of the molecule is CN(CCOc1ccc(Cc2sc(=O)[nH]c2O)cc1)c1cc(OC(=O)C[C@@H](NC(=O)c2ccc(C3(C(F)(F)F)N=N3)cc2)C(=O)NCCCOCCOCCOCCCNC(=O)CCCC[C@@H]2SC[C@@H]3NC(=O)N[C@@H]32)ccn1. The van der Waals surface area contributed by atoms with Gasteiger partial charge in [0.15, 0.2) is 0 Å². The second kappa shape index (κ2) is 28.7. The molecule has 78 heavy (non-hydrogen) atoms. The molecule has 5 heterocycles. The van der Waals surface area contributed by atoms with Crippen LogP contribution in [0.5, 0.6) is 17.4 Å². The van der Waals surface area contributed by atoms with E-state index in [0.717, 1.165) is 66.2 Å². The third-order valence-corrected chi connectivity index (χ3v) is 15.0. The van der Waals surface area contributed by atoms with Gasteiger partial charge in [-0.15, -0.1) is 10.2 Å². The van der Waals surface area contributed by atoms with E-state index in [0.29, 0.717) is 86.9 Å². The van der Waals surface area contributed by atoms with Crippen molar-refractivity contribution in [1.29, 1.82) is 0 Å². The molecule has 0 saturated carbocycles. The first kappa shape index (κ1) is 58.9. The topological polar surface area (TPSA) is 286 Å². The molecule has 27 heteroatoms. The molecule has 7 N–H and O–H groups in total. The number of ether oxygens (including phenoxy) is 5. The first-order valence-corrected chi connectivity index (χ1v) is 27.3. The summed E-state index contributed by atoms with van der Waals surface area (Å²) in [5.41, 5.74) is -2.19. The van der Waals surface area contributed by atoms with Gasteiger partial charge in [0.1, 0.15) is 30.0 Å². The van der Waals surface area contributed by atoms with Crippen molar-refractivity contribution in [2.75, 3.05) is 83.6 Å². The van der Waals surface area contributed by atoms with Crippen molar-refractivity contribution in [3.05, 3.63) is 98.1 Å². The van der Waals surface area contributed by atoms with Crippen molar-refractivity contribution in [3.63, 3.8) is 0 Å². The van der Waals surface area contributed by atoms with Gasteiger partial charge in [-0.3, -0.25) is 29.0 Å². The van der Waals surface area contributed by atoms with Crippen LogP contribution in [0.4, 0.5) is 23.8 Å². The number of hydrogen-bond donors (Lipinski definition) is 7. The minimum absolute atomic E-state index is 0.0106. The average Bonchev–Trinajstić information content (AvgIpc) is 4.13. The maximum atomic E-state index is 13.6. The molecule has 2 saturated heterocycles. The Morgan fingerprint density at radius 3 is 2.22 bits per heavy atom. The Morgan fingerprint density at radius 2 is 1.55 bits per heavy atom. The number of halogens is 3. The molecule has 7 rings (SSSR count). The Hall–Kier alpha value is -6.81. The van der Waals surface area contributed by atoms with Crippen LogP contribution in [0.15, 0.2) is 81.9 Å². The Morgan fingerprint density at radius 1 is 0.859 bits per heavy atom. The lowest BCUT2D eigenvalue weighted by molar-refractivity contribution is -0.166. The minimum Gasteiger partial charge on any atom is -0.494 e. The summed E-state index contributed by atoms with van der Waals surface area (Å²) in [4.78, 5) is 84.1. The molecule has 22 nitrogen and oxygen atoms in total. The number of thioether (sulfide) groups is 1. The number of nitrogens with one attached hydrogen (secondary N) is 6. The fraction of sp³-hybridized carbons (Fsp3) is 0.510. The predicted molar refractivity (Wildman–Crippen MR) is 281 cm³/mol. The number of amides is 5. The lowest BCUT2D eigenvalue weighted by Gasteiger charge is -2.20. The number of hydrogen-bond acceptors (Lipinski definition) is 18. The van der Waals surface area contributed by atoms with Crippen LogP contribution in [0.3, 0.4) is 0 Å². The predicted octanol–water partition coefficient (Wildman–Crippen LogP) is 4.71. The van der Waals surface area contributed by atoms with E-state index in [4.69, 9.17) is 23.7 Å². The molecule has 2 aromatic carbocycles. The highest BCUT2D eigenvalue weighted by Gasteiger charge is 2.65. The molecule has 2 fully saturated rings. The number of likely N-dealkylation sites (N-methyl/N-ethyl adjacent to an activating group) is 1. The van der Waals surface area contributed by atoms with Crippen molar-refractivity contribution in [2.45, 2.75) is 86.6 Å². The van der Waals surface area contributed by atoms with Gasteiger partial charge in [-0.25, -0.2) is 9.78 Å². The van der Waals surface area contributed by atoms with Gasteiger partial charge in [0.2, 0.25) is 17.7 Å². The van der Waals surface area contributed by atoms with Gasteiger partial charge < -0.3 is 60.3 Å². The molecule has 0 bridgehead atoms. The molecular formula is C51H63F3N10O12S2. The van der Waals surface area contributed by atoms with Gasteiger partial charge in [0.25, 0.3) is 5.91 Å². The van der Waals surface area contributed by atoms with Crippen molar-refractivity contribution >= 4 is 58.6 Å². The summed E-state index contributed by atoms with van der Waals surface area (Å²) in [6.07, 6.45) is 0.594. The quantitative estimate of drug-likeness (QED) is 0.0193. The van der Waals surface area contributed by atoms with Gasteiger partial charge in [-0.1, -0.05) is 42.0 Å². The largest absolute Gasteiger partial charge is 0.494 e. The van der Waals surface area contributed by atoms with Gasteiger partial charge >= 0.3 is 28.7 Å². The van der Waals surface area contributed by atoms with Gasteiger partial charge in [-0.05, 0) is 61.6 Å². The second-order valence-electron chi connectivity index (χ2n) is 18.4. The number of aromatic nitrogens is 2. The normalized spacial score (nSPS) is 17.3. The summed E-state index contributed by atoms with van der Waals surface area (Å²) in [6, 6.07) is 13.4. The lowest BCUT2D eigenvalue weighted by atomic mass is 10.0. The zero-order valence-electron chi connectivity index (χ0n) is 42.8. The third kappa shape index (κ3) is 17.6. The van der Waals surface area contributed by atoms with Gasteiger partial charge in [0.05, 0.1) is 56.4 Å². The highest BCUT2D eigenvalue weighted by atomic mass is 32.2. The lowest BCUT2D eigenvalue weighted by Crippen LogP contribution is -2.48. The van der Waals surface area contributed by atoms with E-state index in [1.807, 2.05) is 23.9 Å². The molecule has 0 aliphatic carbocycles. The summed E-state index contributed by atoms with van der Waals surface area (Å²) in [7, 11) is 1.76. The summed E-state index contributed by atoms with van der Waals surface area (Å²) in [5, 5.41) is 30.7. The number of rotatable bonds is 33. The van der Waals surface area contributed by atoms with Gasteiger partial charge in [-0.2, -0.15) is 24.9 Å². The fourth-order valence-electron chi connectivity index (χ4n) is 8.35. The van der Waals surface area contributed by atoms with Crippen LogP contribution in [-0.4, -0.2) is 153 Å². The average molecular weight is 1130 g/mol. The van der Waals surface area contributed by atoms with E-state index in [2.05, 4.69) is 46.8 Å². The van der Waals surface area contributed by atoms with Crippen LogP contribution in [0.1, 0.15) is 71.3 Å². The molecule has 0 spiro atoms. The van der Waals surface area contributed by atoms with E-state index >= 15 is 0 Å². The zero-order chi connectivity index (χ0) is 55.5. The Labute approximate surface area is 455 Å². The number of H-pyrrole nitrogens is 1. The highest BCUT2D eigenvalue weighted by Crippen LogP contribution is 2.52. The van der Waals surface area contributed by atoms with Crippen LogP contribution >= 0.6 is 23.1 Å². The van der Waals surface area contributed by atoms with E-state index in [1.165, 1.54) is 18.3 Å². The molecular weight excluding hydrogens is 1070 g/mol. The molecule has 3 aliphatic heterocycles. The van der Waals surface area contributed by atoms with E-state index in [-0.39, 0.29) is 78.0 Å². The number of fused-ring (bicyclic) bond motifs is 1. The third-order valence-electron chi connectivity index (χ3n) is 12.6. The zero-order valence-corrected chi connectivity index (χ0v) is 44.4. The molecule has 3 aliphatic rings. The van der Waals surface area contributed by atoms with Crippen LogP contribution in [0, 0.1) is 0 Å². The number of esters is 1. The standard InChI is InChI=1S/C51H63F3N10O12S2/c1-64(20-23-75-35-14-8-32(9-15-35)28-40-47(69)61-49(71)78-40)41-29-36(16-19-55-41)76-43(66)30-37(58-45(67)33-10-12-34(13-11-33)50(62-63-50)51(52,53)54)46(68)57-18-5-22-73-25-27-74-26-24-72-21-4-17-56-42(65)7-3-2-6-39-44-38(31-77-39)59-48(70)60-44/h8-16,19,29,37-39,44,69H,2-7,17-18,20-28,30-31H2,1H3,(H,56,65)(H,57,68)(H,58,67)(H,61,71)(H2,59,60,70)/t37-,38+,39+,44+/m1/s1. The summed E-state index contributed by atoms with van der Waals surface area (Å²) < 4.78 is 69.0. The fourth-order valence-corrected chi connectivity index (χ4v) is 10.7. The van der Waals surface area contributed by atoms with Crippen molar-refractivity contribution in [3.8, 4) is 17.4 Å². The summed E-state index contributed by atoms with van der Waals surface area (Å²) in [6.45, 7) is 3.25. The van der Waals surface area contributed by atoms with Gasteiger partial charge in [0, 0.05) is 80.6 Å². The Balaban J connectivity index is 0.774. The Bertz CT molecular complexity index is 2730. The van der Waals surface area contributed by atoms with Crippen LogP contribution < -0.4 is 45.8 Å². The number of benzene rings is 2. The first-order chi connectivity index (χ1) is 37.6. The number of anilines is 1. The van der Waals surface area contributed by atoms with Crippen molar-refractivity contribution in [1.82, 2.24) is 36.6 Å². The van der Waals surface area contributed by atoms with E-state index in [9.17, 15) is 47.0 Å². The number of urea groups is 1. The Kier molecular flexibility index (Phi) is 21.7. The smallest absolute Gasteiger partial charge is 0.442 e. The number of carbonyl (C=O) groups is 5. The van der Waals surface area contributed by atoms with E-state index < -0.39 is 42.1 Å². The molecule has 0 unspecified atom stereocenters. The number of pyridine rings is 1. The minimum atomic E-state index is -4.77. The number of aromatic hydroxyl groups is 1. The molecule has 2 aromatic heterocycles. The maximum Gasteiger partial charge on any atom is 0.442 e. The van der Waals surface area contributed by atoms with Crippen LogP contribution in [0.25, 0.3) is 0 Å². The molecule has 422 valence electrons. The van der Waals surface area contributed by atoms with Crippen molar-refractivity contribution in [2.24, 2.45) is 10.2 Å². The van der Waals surface area contributed by atoms with Crippen LogP contribution in [-0.2, 0) is 40.7 Å². The summed E-state index contributed by atoms with van der Waals surface area (Å²) in [5.74, 6) is -0.530. The molecule has 0 radical (unpaired) electrons. The molecule has 4 aromatic rings. The monoisotopic (exact) mass is 1130 g/mol. The number of carbonyl (C=O) groups excluding carboxylic acids is 5. The molecule has 5 amide bonds. The van der Waals surface area contributed by atoms with Crippen molar-refractivity contribution < 1.29 is 65.9 Å². The van der Waals surface area contributed by atoms with Crippen LogP contribution in [0.2, 0.25) is 0 Å². The number of thiazole rings is 1. The maximum absolute atomic E-state index is 13.6. The molecule has 4 atom stereocenters.